The largest absolute Gasteiger partial charge is 0.439 e. The van der Waals surface area contributed by atoms with Gasteiger partial charge in [0.2, 0.25) is 11.6 Å². The number of amides is 2. The minimum atomic E-state index is -1.79. The van der Waals surface area contributed by atoms with E-state index < -0.39 is 97.1 Å². The van der Waals surface area contributed by atoms with Gasteiger partial charge in [-0.1, -0.05) is 38.2 Å². The molecule has 0 aromatic carbocycles. The summed E-state index contributed by atoms with van der Waals surface area (Å²) >= 11 is 0. The minimum absolute atomic E-state index is 0.0842. The van der Waals surface area contributed by atoms with Crippen LogP contribution in [-0.4, -0.2) is 125 Å². The monoisotopic (exact) mass is 707 g/mol. The predicted octanol–water partition coefficient (Wildman–Crippen LogP) is -0.848. The summed E-state index contributed by atoms with van der Waals surface area (Å²) in [5, 5.41) is 57.7. The van der Waals surface area contributed by atoms with Crippen LogP contribution < -0.4 is 16.4 Å². The molecule has 11 atom stereocenters. The van der Waals surface area contributed by atoms with Crippen LogP contribution in [0.3, 0.4) is 0 Å². The number of ether oxygens (including phenoxy) is 4. The van der Waals surface area contributed by atoms with Crippen LogP contribution in [0, 0.1) is 11.8 Å². The second-order valence-electron chi connectivity index (χ2n) is 12.8. The van der Waals surface area contributed by atoms with E-state index >= 15 is 0 Å². The molecule has 0 radical (unpaired) electrons. The molecule has 1 saturated heterocycles. The molecule has 1 fully saturated rings. The molecule has 0 aromatic heterocycles. The third-order valence-electron chi connectivity index (χ3n) is 9.00. The van der Waals surface area contributed by atoms with E-state index in [1.165, 1.54) is 39.4 Å². The van der Waals surface area contributed by atoms with Crippen LogP contribution in [0.5, 0.6) is 0 Å². The van der Waals surface area contributed by atoms with Gasteiger partial charge in [0.15, 0.2) is 12.4 Å². The van der Waals surface area contributed by atoms with Gasteiger partial charge in [0.05, 0.1) is 30.2 Å². The van der Waals surface area contributed by atoms with Crippen molar-refractivity contribution in [1.82, 2.24) is 10.6 Å². The van der Waals surface area contributed by atoms with Crippen molar-refractivity contribution in [2.45, 2.75) is 95.6 Å². The van der Waals surface area contributed by atoms with Gasteiger partial charge in [-0.2, -0.15) is 0 Å². The van der Waals surface area contributed by atoms with Gasteiger partial charge in [0.25, 0.3) is 5.91 Å². The summed E-state index contributed by atoms with van der Waals surface area (Å²) in [6.07, 6.45) is -4.06. The molecule has 1 unspecified atom stereocenters. The number of nitrogens with two attached hydrogens (primary N) is 1. The lowest BCUT2D eigenvalue weighted by molar-refractivity contribution is -0.253. The molecule has 278 valence electrons. The van der Waals surface area contributed by atoms with E-state index in [0.717, 1.165) is 6.08 Å². The average Bonchev–Trinajstić information content (AvgIpc) is 3.06. The molecule has 3 aliphatic rings. The Kier molecular flexibility index (Phi) is 14.6. The number of carbonyl (C=O) groups is 4. The molecule has 16 heteroatoms. The van der Waals surface area contributed by atoms with Gasteiger partial charge in [-0.15, -0.1) is 0 Å². The number of methoxy groups -OCH3 is 2. The molecule has 9 N–H and O–H groups in total. The minimum Gasteiger partial charge on any atom is -0.439 e. The quantitative estimate of drug-likeness (QED) is 0.124. The van der Waals surface area contributed by atoms with Crippen molar-refractivity contribution in [2.75, 3.05) is 20.8 Å². The lowest BCUT2D eigenvalue weighted by Gasteiger charge is -2.41. The number of aliphatic hydroxyl groups excluding tert-OH is 5. The van der Waals surface area contributed by atoms with E-state index in [2.05, 4.69) is 10.6 Å². The highest BCUT2D eigenvalue weighted by molar-refractivity contribution is 6.23. The van der Waals surface area contributed by atoms with Crippen LogP contribution >= 0.6 is 0 Å². The molecule has 1 aliphatic carbocycles. The number of carbonyl (C=O) groups excluding carboxylic acids is 4. The topological polar surface area (TPSA) is 256 Å². The Bertz CT molecular complexity index is 1440. The van der Waals surface area contributed by atoms with Crippen molar-refractivity contribution in [1.29, 1.82) is 0 Å². The van der Waals surface area contributed by atoms with E-state index in [1.54, 1.807) is 26.8 Å². The molecule has 2 bridgehead atoms. The first kappa shape index (κ1) is 40.7. The molecule has 0 saturated carbocycles. The number of Topliss-reactive ketones (excluding diaryl/α,β-unsaturated/α-hetero) is 1. The molecule has 0 aromatic rings. The van der Waals surface area contributed by atoms with Crippen molar-refractivity contribution < 1.29 is 63.7 Å². The molecule has 0 spiro atoms. The summed E-state index contributed by atoms with van der Waals surface area (Å²) in [5.74, 6) is -3.20. The van der Waals surface area contributed by atoms with Gasteiger partial charge >= 0.3 is 6.09 Å². The fourth-order valence-corrected chi connectivity index (χ4v) is 6.16. The number of fused-ring (bicyclic) bond motifs is 2. The Morgan fingerprint density at radius 2 is 1.74 bits per heavy atom. The maximum Gasteiger partial charge on any atom is 0.405 e. The number of primary amides is 1. The smallest absolute Gasteiger partial charge is 0.405 e. The fraction of sp³-hybridized carbons (Fsp3) is 0.588. The summed E-state index contributed by atoms with van der Waals surface area (Å²) in [7, 11) is 2.80. The molecule has 3 rings (SSSR count). The van der Waals surface area contributed by atoms with Crippen molar-refractivity contribution in [3.05, 3.63) is 58.5 Å². The Labute approximate surface area is 290 Å². The first-order chi connectivity index (χ1) is 23.5. The van der Waals surface area contributed by atoms with E-state index in [1.807, 2.05) is 0 Å². The van der Waals surface area contributed by atoms with Gasteiger partial charge < -0.3 is 60.8 Å². The summed E-state index contributed by atoms with van der Waals surface area (Å²) in [4.78, 5) is 52.5. The van der Waals surface area contributed by atoms with E-state index in [0.29, 0.717) is 5.57 Å². The first-order valence-electron chi connectivity index (χ1n) is 16.2. The van der Waals surface area contributed by atoms with Gasteiger partial charge in [-0.3, -0.25) is 14.4 Å². The normalized spacial score (nSPS) is 37.9. The number of ketones is 2. The van der Waals surface area contributed by atoms with Gasteiger partial charge in [0.1, 0.15) is 30.5 Å². The van der Waals surface area contributed by atoms with Crippen molar-refractivity contribution in [3.8, 4) is 0 Å². The van der Waals surface area contributed by atoms with Crippen LogP contribution in [0.2, 0.25) is 0 Å². The summed E-state index contributed by atoms with van der Waals surface area (Å²) in [6, 6.07) is -1.48. The maximum atomic E-state index is 13.9. The van der Waals surface area contributed by atoms with Gasteiger partial charge in [-0.25, -0.2) is 4.79 Å². The molecule has 16 nitrogen and oxygen atoms in total. The third-order valence-corrected chi connectivity index (χ3v) is 9.00. The number of rotatable bonds is 6. The lowest BCUT2D eigenvalue weighted by atomic mass is 9.84. The molecular weight excluding hydrogens is 658 g/mol. The Hall–Kier alpha value is -3.74. The van der Waals surface area contributed by atoms with Crippen molar-refractivity contribution in [2.24, 2.45) is 17.6 Å². The zero-order valence-corrected chi connectivity index (χ0v) is 28.9. The lowest BCUT2D eigenvalue weighted by Crippen LogP contribution is -2.63. The summed E-state index contributed by atoms with van der Waals surface area (Å²) in [5.41, 5.74) is 5.28. The molecular formula is C34H49N3O13. The fourth-order valence-electron chi connectivity index (χ4n) is 6.16. The highest BCUT2D eigenvalue weighted by atomic mass is 16.6. The van der Waals surface area contributed by atoms with Gasteiger partial charge in [-0.05, 0) is 38.2 Å². The molecule has 2 amide bonds. The van der Waals surface area contributed by atoms with Gasteiger partial charge in [0, 0.05) is 37.4 Å². The van der Waals surface area contributed by atoms with Crippen LogP contribution in [0.25, 0.3) is 0 Å². The number of hydrogen-bond acceptors (Lipinski definition) is 14. The third kappa shape index (κ3) is 9.73. The summed E-state index contributed by atoms with van der Waals surface area (Å²) < 4.78 is 21.8. The Morgan fingerprint density at radius 1 is 1.06 bits per heavy atom. The van der Waals surface area contributed by atoms with Crippen molar-refractivity contribution >= 4 is 23.6 Å². The van der Waals surface area contributed by atoms with Crippen LogP contribution in [0.15, 0.2) is 58.5 Å². The zero-order valence-electron chi connectivity index (χ0n) is 28.9. The molecule has 2 heterocycles. The Balaban J connectivity index is 2.09. The second-order valence-corrected chi connectivity index (χ2v) is 12.8. The SMILES string of the molecule is CO[C@H]1/C=C\C=C(/C)C(=O)NC2=CC(=O)C(N[C@@H]3C(O)O[C@@H](CO)[C@H](O)[C@H]3O)=C(C[C@@H](C)C[C@H](OC)[C@H](O)[C@@H](C)/C=C(\C)[C@@H]1OC(N)=O)C2=O. The highest BCUT2D eigenvalue weighted by Crippen LogP contribution is 2.30. The number of nitrogens with one attached hydrogen (secondary N) is 2. The van der Waals surface area contributed by atoms with Crippen LogP contribution in [0.4, 0.5) is 4.79 Å². The van der Waals surface area contributed by atoms with Crippen LogP contribution in [-0.2, 0) is 33.3 Å². The highest BCUT2D eigenvalue weighted by Gasteiger charge is 2.45. The zero-order chi connectivity index (χ0) is 37.4. The van der Waals surface area contributed by atoms with E-state index in [9.17, 15) is 44.7 Å². The van der Waals surface area contributed by atoms with Crippen LogP contribution in [0.1, 0.15) is 40.5 Å². The molecule has 50 heavy (non-hydrogen) atoms. The average molecular weight is 708 g/mol. The molecule has 2 aliphatic heterocycles. The first-order valence-corrected chi connectivity index (χ1v) is 16.2. The number of aliphatic hydroxyl groups is 5. The maximum absolute atomic E-state index is 13.9. The number of allylic oxidation sites excluding steroid dienone is 4. The van der Waals surface area contributed by atoms with Crippen molar-refractivity contribution in [3.63, 3.8) is 0 Å². The second kappa shape index (κ2) is 18.0. The summed E-state index contributed by atoms with van der Waals surface area (Å²) in [6.45, 7) is 5.95. The Morgan fingerprint density at radius 3 is 2.34 bits per heavy atom. The van der Waals surface area contributed by atoms with E-state index in [-0.39, 0.29) is 35.4 Å². The number of hydrogen-bond donors (Lipinski definition) is 8. The standard InChI is InChI=1S/C34H49N3O13/c1-15-10-19-25(37-26-30(43)29(42)24(14-38)49-33(26)45)21(39)13-20(28(19)41)36-32(44)16(2)8-7-9-22(47-5)31(50-34(35)46)18(4)12-17(3)27(40)23(11-15)48-6/h7-9,12-13,15,17,22-24,26-27,29-31,33,37-38,40,42-43,45H,10-11,14H2,1-6H3,(H2,35,46)(H,36,44)/b9-7-,16-8+,18-12+/t15-,17+,22+,23+,24+,26+,27-,29+,30+,31+,33?/m1/s1. The predicted molar refractivity (Wildman–Crippen MR) is 176 cm³/mol. The van der Waals surface area contributed by atoms with E-state index in [4.69, 9.17) is 24.7 Å².